The lowest BCUT2D eigenvalue weighted by Gasteiger charge is -2.29. The summed E-state index contributed by atoms with van der Waals surface area (Å²) in [6.07, 6.45) is 1.96. The molecule has 1 N–H and O–H groups in total. The van der Waals surface area contributed by atoms with Crippen LogP contribution in [-0.2, 0) is 12.1 Å². The van der Waals surface area contributed by atoms with Crippen molar-refractivity contribution in [2.24, 2.45) is 0 Å². The zero-order valence-corrected chi connectivity index (χ0v) is 11.9. The van der Waals surface area contributed by atoms with Crippen LogP contribution >= 0.6 is 0 Å². The Labute approximate surface area is 117 Å². The van der Waals surface area contributed by atoms with Gasteiger partial charge in [0.15, 0.2) is 5.75 Å². The molecule has 1 aromatic heterocycles. The molecule has 5 heteroatoms. The molecule has 0 radical (unpaired) electrons. The summed E-state index contributed by atoms with van der Waals surface area (Å²) < 4.78 is 20.4. The van der Waals surface area contributed by atoms with E-state index in [0.29, 0.717) is 30.0 Å². The first-order chi connectivity index (χ1) is 9.56. The number of halogens is 1. The molecule has 0 bridgehead atoms. The monoisotopic (exact) mass is 278 g/mol. The van der Waals surface area contributed by atoms with Gasteiger partial charge in [0.2, 0.25) is 0 Å². The lowest BCUT2D eigenvalue weighted by atomic mass is 9.87. The summed E-state index contributed by atoms with van der Waals surface area (Å²) in [5, 5.41) is 15.3. The standard InChI is InChI=1S/C15H19FN2O2/c1-4-15(19,11-7-6-8-12(16)9-11)14-13(20-3)10-17-18(14)5-2/h6-10,19H,4-5H2,1-3H3. The Balaban J connectivity index is 2.64. The van der Waals surface area contributed by atoms with E-state index in [1.807, 2.05) is 13.8 Å². The van der Waals surface area contributed by atoms with E-state index in [2.05, 4.69) is 5.10 Å². The molecule has 1 heterocycles. The summed E-state index contributed by atoms with van der Waals surface area (Å²) in [5.41, 5.74) is -0.288. The van der Waals surface area contributed by atoms with Crippen molar-refractivity contribution in [2.45, 2.75) is 32.4 Å². The van der Waals surface area contributed by atoms with Gasteiger partial charge in [-0.1, -0.05) is 19.1 Å². The number of hydrogen-bond donors (Lipinski definition) is 1. The fourth-order valence-corrected chi connectivity index (χ4v) is 2.43. The quantitative estimate of drug-likeness (QED) is 0.914. The number of nitrogens with zero attached hydrogens (tertiary/aromatic N) is 2. The molecule has 2 aromatic rings. The molecule has 0 aliphatic carbocycles. The number of ether oxygens (including phenoxy) is 1. The van der Waals surface area contributed by atoms with Gasteiger partial charge in [-0.2, -0.15) is 5.10 Å². The maximum Gasteiger partial charge on any atom is 0.163 e. The molecule has 4 nitrogen and oxygen atoms in total. The van der Waals surface area contributed by atoms with E-state index in [-0.39, 0.29) is 5.82 Å². The van der Waals surface area contributed by atoms with Crippen LogP contribution in [0.2, 0.25) is 0 Å². The number of rotatable bonds is 5. The topological polar surface area (TPSA) is 47.3 Å². The number of aryl methyl sites for hydroxylation is 1. The van der Waals surface area contributed by atoms with Crippen LogP contribution in [0.15, 0.2) is 30.5 Å². The van der Waals surface area contributed by atoms with Crippen molar-refractivity contribution in [1.29, 1.82) is 0 Å². The van der Waals surface area contributed by atoms with E-state index in [4.69, 9.17) is 4.74 Å². The van der Waals surface area contributed by atoms with Gasteiger partial charge >= 0.3 is 0 Å². The second-order valence-corrected chi connectivity index (χ2v) is 4.60. The average molecular weight is 278 g/mol. The minimum Gasteiger partial charge on any atom is -0.493 e. The van der Waals surface area contributed by atoms with Crippen LogP contribution in [0, 0.1) is 5.82 Å². The van der Waals surface area contributed by atoms with E-state index >= 15 is 0 Å². The fraction of sp³-hybridized carbons (Fsp3) is 0.400. The van der Waals surface area contributed by atoms with Crippen LogP contribution in [-0.4, -0.2) is 22.0 Å². The highest BCUT2D eigenvalue weighted by molar-refractivity contribution is 5.40. The minimum atomic E-state index is -1.33. The number of aliphatic hydroxyl groups is 1. The number of hydrogen-bond acceptors (Lipinski definition) is 3. The second-order valence-electron chi connectivity index (χ2n) is 4.60. The van der Waals surface area contributed by atoms with Gasteiger partial charge in [0, 0.05) is 6.54 Å². The second kappa shape index (κ2) is 5.63. The molecule has 0 amide bonds. The van der Waals surface area contributed by atoms with Crippen LogP contribution in [0.3, 0.4) is 0 Å². The summed E-state index contributed by atoms with van der Waals surface area (Å²) in [7, 11) is 1.53. The van der Waals surface area contributed by atoms with Gasteiger partial charge in [-0.05, 0) is 31.0 Å². The molecule has 20 heavy (non-hydrogen) atoms. The Hall–Kier alpha value is -1.88. The molecule has 0 aliphatic rings. The molecule has 0 saturated heterocycles. The Bertz CT molecular complexity index is 576. The summed E-state index contributed by atoms with van der Waals surface area (Å²) in [6.45, 7) is 4.37. The fourth-order valence-electron chi connectivity index (χ4n) is 2.43. The molecule has 0 fully saturated rings. The van der Waals surface area contributed by atoms with E-state index in [1.165, 1.54) is 19.2 Å². The largest absolute Gasteiger partial charge is 0.493 e. The molecule has 1 unspecified atom stereocenters. The van der Waals surface area contributed by atoms with Crippen LogP contribution in [0.1, 0.15) is 31.5 Å². The van der Waals surface area contributed by atoms with Crippen LogP contribution < -0.4 is 4.74 Å². The third-order valence-electron chi connectivity index (χ3n) is 3.53. The van der Waals surface area contributed by atoms with Crippen molar-refractivity contribution in [3.63, 3.8) is 0 Å². The molecule has 0 aliphatic heterocycles. The van der Waals surface area contributed by atoms with Gasteiger partial charge in [0.1, 0.15) is 17.1 Å². The summed E-state index contributed by atoms with van der Waals surface area (Å²) in [4.78, 5) is 0. The molecule has 2 rings (SSSR count). The molecule has 1 atom stereocenters. The average Bonchev–Trinajstić information content (AvgIpc) is 2.90. The summed E-state index contributed by atoms with van der Waals surface area (Å²) in [5.74, 6) is 0.122. The number of benzene rings is 1. The van der Waals surface area contributed by atoms with E-state index in [9.17, 15) is 9.50 Å². The van der Waals surface area contributed by atoms with E-state index in [0.717, 1.165) is 0 Å². The van der Waals surface area contributed by atoms with Gasteiger partial charge in [-0.3, -0.25) is 4.68 Å². The molecule has 1 aromatic carbocycles. The van der Waals surface area contributed by atoms with Crippen molar-refractivity contribution < 1.29 is 14.2 Å². The third-order valence-corrected chi connectivity index (χ3v) is 3.53. The Morgan fingerprint density at radius 2 is 2.15 bits per heavy atom. The minimum absolute atomic E-state index is 0.379. The maximum absolute atomic E-state index is 13.5. The first kappa shape index (κ1) is 14.5. The lowest BCUT2D eigenvalue weighted by molar-refractivity contribution is 0.0635. The first-order valence-corrected chi connectivity index (χ1v) is 6.65. The highest BCUT2D eigenvalue weighted by Crippen LogP contribution is 2.38. The van der Waals surface area contributed by atoms with Crippen LogP contribution in [0.5, 0.6) is 5.75 Å². The van der Waals surface area contributed by atoms with E-state index in [1.54, 1.807) is 23.0 Å². The maximum atomic E-state index is 13.5. The first-order valence-electron chi connectivity index (χ1n) is 6.65. The SMILES string of the molecule is CCn1ncc(OC)c1C(O)(CC)c1cccc(F)c1. The predicted octanol–water partition coefficient (Wildman–Crippen LogP) is 2.70. The Morgan fingerprint density at radius 3 is 2.70 bits per heavy atom. The Morgan fingerprint density at radius 1 is 1.40 bits per heavy atom. The zero-order chi connectivity index (χ0) is 14.8. The van der Waals surface area contributed by atoms with E-state index < -0.39 is 5.60 Å². The van der Waals surface area contributed by atoms with Crippen LogP contribution in [0.4, 0.5) is 4.39 Å². The Kier molecular flexibility index (Phi) is 4.09. The predicted molar refractivity (Wildman–Crippen MR) is 74.1 cm³/mol. The van der Waals surface area contributed by atoms with Crippen molar-refractivity contribution >= 4 is 0 Å². The molecular formula is C15H19FN2O2. The normalized spacial score (nSPS) is 14.1. The van der Waals surface area contributed by atoms with Crippen molar-refractivity contribution in [3.05, 3.63) is 47.5 Å². The van der Waals surface area contributed by atoms with Gasteiger partial charge in [0.05, 0.1) is 13.3 Å². The summed E-state index contributed by atoms with van der Waals surface area (Å²) in [6, 6.07) is 5.99. The molecule has 0 spiro atoms. The van der Waals surface area contributed by atoms with Gasteiger partial charge in [-0.25, -0.2) is 4.39 Å². The zero-order valence-electron chi connectivity index (χ0n) is 11.9. The van der Waals surface area contributed by atoms with Gasteiger partial charge in [-0.15, -0.1) is 0 Å². The highest BCUT2D eigenvalue weighted by atomic mass is 19.1. The molecular weight excluding hydrogens is 259 g/mol. The molecule has 0 saturated carbocycles. The van der Waals surface area contributed by atoms with Crippen molar-refractivity contribution in [3.8, 4) is 5.75 Å². The van der Waals surface area contributed by atoms with Gasteiger partial charge < -0.3 is 9.84 Å². The number of methoxy groups -OCH3 is 1. The highest BCUT2D eigenvalue weighted by Gasteiger charge is 2.36. The van der Waals surface area contributed by atoms with Crippen molar-refractivity contribution in [2.75, 3.05) is 7.11 Å². The molecule has 108 valence electrons. The van der Waals surface area contributed by atoms with Crippen LogP contribution in [0.25, 0.3) is 0 Å². The smallest absolute Gasteiger partial charge is 0.163 e. The third kappa shape index (κ3) is 2.29. The summed E-state index contributed by atoms with van der Waals surface area (Å²) >= 11 is 0. The number of aromatic nitrogens is 2. The van der Waals surface area contributed by atoms with Crippen molar-refractivity contribution in [1.82, 2.24) is 9.78 Å². The van der Waals surface area contributed by atoms with Gasteiger partial charge in [0.25, 0.3) is 0 Å². The lowest BCUT2D eigenvalue weighted by Crippen LogP contribution is -2.30.